The van der Waals surface area contributed by atoms with E-state index in [2.05, 4.69) is 0 Å². The van der Waals surface area contributed by atoms with E-state index in [0.29, 0.717) is 5.01 Å². The van der Waals surface area contributed by atoms with Crippen LogP contribution in [-0.4, -0.2) is 22.1 Å². The molecule has 0 aromatic heterocycles. The summed E-state index contributed by atoms with van der Waals surface area (Å²) in [6, 6.07) is 14.8. The topological polar surface area (TPSA) is 92.9 Å². The third-order valence-electron chi connectivity index (χ3n) is 2.76. The Morgan fingerprint density at radius 1 is 1.05 bits per heavy atom. The van der Waals surface area contributed by atoms with Gasteiger partial charge >= 0.3 is 6.09 Å². The Balaban J connectivity index is 1.99. The monoisotopic (exact) mass is 286 g/mol. The fourth-order valence-corrected chi connectivity index (χ4v) is 1.66. The molecule has 21 heavy (non-hydrogen) atoms. The molecule has 0 aliphatic carbocycles. The van der Waals surface area contributed by atoms with Gasteiger partial charge in [-0.15, -0.1) is 0 Å². The van der Waals surface area contributed by atoms with E-state index >= 15 is 0 Å². The van der Waals surface area contributed by atoms with Crippen molar-refractivity contribution < 1.29 is 19.4 Å². The number of benzene rings is 2. The molecule has 0 aliphatic heterocycles. The quantitative estimate of drug-likeness (QED) is 0.511. The predicted octanol–water partition coefficient (Wildman–Crippen LogP) is 2.04. The second-order valence-electron chi connectivity index (χ2n) is 4.23. The van der Waals surface area contributed by atoms with E-state index in [4.69, 9.17) is 10.6 Å². The zero-order chi connectivity index (χ0) is 15.2. The van der Waals surface area contributed by atoms with Crippen molar-refractivity contribution in [3.63, 3.8) is 0 Å². The lowest BCUT2D eigenvalue weighted by Crippen LogP contribution is -2.42. The number of hydrogen-bond donors (Lipinski definition) is 2. The van der Waals surface area contributed by atoms with Crippen molar-refractivity contribution in [1.29, 1.82) is 0 Å². The van der Waals surface area contributed by atoms with Crippen LogP contribution in [0.3, 0.4) is 0 Å². The highest BCUT2D eigenvalue weighted by atomic mass is 16.6. The van der Waals surface area contributed by atoms with Crippen LogP contribution in [-0.2, 0) is 11.3 Å². The molecule has 2 aromatic rings. The SMILES string of the molecule is NN(C(=O)OCc1ccccc1)C(=O)c1ccccc1O. The van der Waals surface area contributed by atoms with Crippen LogP contribution < -0.4 is 5.84 Å². The van der Waals surface area contributed by atoms with Crippen LogP contribution in [0.15, 0.2) is 54.6 Å². The number of ether oxygens (including phenoxy) is 1. The number of aromatic hydroxyl groups is 1. The molecule has 6 heteroatoms. The highest BCUT2D eigenvalue weighted by Crippen LogP contribution is 2.17. The van der Waals surface area contributed by atoms with Crippen molar-refractivity contribution in [1.82, 2.24) is 5.01 Å². The maximum Gasteiger partial charge on any atom is 0.431 e. The number of carbonyl (C=O) groups is 2. The molecule has 2 aromatic carbocycles. The minimum Gasteiger partial charge on any atom is -0.507 e. The van der Waals surface area contributed by atoms with Gasteiger partial charge in [-0.1, -0.05) is 42.5 Å². The van der Waals surface area contributed by atoms with Crippen molar-refractivity contribution in [2.45, 2.75) is 6.61 Å². The number of phenolic OH excluding ortho intramolecular Hbond substituents is 1. The number of hydrogen-bond acceptors (Lipinski definition) is 5. The minimum atomic E-state index is -0.993. The van der Waals surface area contributed by atoms with Gasteiger partial charge in [-0.25, -0.2) is 10.6 Å². The molecule has 0 unspecified atom stereocenters. The first-order chi connectivity index (χ1) is 10.1. The van der Waals surface area contributed by atoms with Crippen LogP contribution in [0.4, 0.5) is 4.79 Å². The van der Waals surface area contributed by atoms with Crippen LogP contribution in [0.2, 0.25) is 0 Å². The molecule has 0 bridgehead atoms. The number of nitrogens with two attached hydrogens (primary N) is 1. The zero-order valence-electron chi connectivity index (χ0n) is 11.1. The van der Waals surface area contributed by atoms with Crippen LogP contribution in [0.5, 0.6) is 5.75 Å². The first kappa shape index (κ1) is 14.5. The summed E-state index contributed by atoms with van der Waals surface area (Å²) in [5, 5.41) is 9.90. The first-order valence-corrected chi connectivity index (χ1v) is 6.17. The van der Waals surface area contributed by atoms with Crippen molar-refractivity contribution in [3.8, 4) is 5.75 Å². The van der Waals surface area contributed by atoms with Gasteiger partial charge in [0.15, 0.2) is 0 Å². The molecule has 0 saturated carbocycles. The number of carbonyl (C=O) groups excluding carboxylic acids is 2. The Kier molecular flexibility index (Phi) is 4.53. The molecule has 108 valence electrons. The van der Waals surface area contributed by atoms with Crippen molar-refractivity contribution >= 4 is 12.0 Å². The van der Waals surface area contributed by atoms with Gasteiger partial charge in [-0.3, -0.25) is 4.79 Å². The van der Waals surface area contributed by atoms with Crippen molar-refractivity contribution in [2.24, 2.45) is 5.84 Å². The van der Waals surface area contributed by atoms with E-state index in [1.165, 1.54) is 12.1 Å². The molecule has 2 amide bonds. The van der Waals surface area contributed by atoms with E-state index < -0.39 is 12.0 Å². The van der Waals surface area contributed by atoms with E-state index in [1.807, 2.05) is 6.07 Å². The smallest absolute Gasteiger partial charge is 0.431 e. The summed E-state index contributed by atoms with van der Waals surface area (Å²) in [5.41, 5.74) is 0.700. The molecule has 0 atom stereocenters. The molecular weight excluding hydrogens is 272 g/mol. The largest absolute Gasteiger partial charge is 0.507 e. The van der Waals surface area contributed by atoms with Crippen LogP contribution in [0.1, 0.15) is 15.9 Å². The summed E-state index contributed by atoms with van der Waals surface area (Å²) in [7, 11) is 0. The van der Waals surface area contributed by atoms with Gasteiger partial charge in [-0.2, -0.15) is 5.01 Å². The number of rotatable bonds is 3. The molecule has 0 fully saturated rings. The van der Waals surface area contributed by atoms with Crippen LogP contribution in [0.25, 0.3) is 0 Å². The van der Waals surface area contributed by atoms with E-state index in [1.54, 1.807) is 36.4 Å². The normalized spacial score (nSPS) is 9.95. The zero-order valence-corrected chi connectivity index (χ0v) is 11.1. The second kappa shape index (κ2) is 6.53. The third kappa shape index (κ3) is 3.58. The number of phenols is 1. The summed E-state index contributed by atoms with van der Waals surface area (Å²) in [6.07, 6.45) is -0.993. The fraction of sp³-hybridized carbons (Fsp3) is 0.0667. The summed E-state index contributed by atoms with van der Waals surface area (Å²) < 4.78 is 4.93. The van der Waals surface area contributed by atoms with Gasteiger partial charge in [0, 0.05) is 0 Å². The Hall–Kier alpha value is -2.86. The molecule has 0 spiro atoms. The number of amides is 2. The number of para-hydroxylation sites is 1. The molecule has 0 radical (unpaired) electrons. The second-order valence-corrected chi connectivity index (χ2v) is 4.23. The lowest BCUT2D eigenvalue weighted by atomic mass is 10.2. The highest BCUT2D eigenvalue weighted by Gasteiger charge is 2.23. The van der Waals surface area contributed by atoms with Gasteiger partial charge in [0.05, 0.1) is 5.56 Å². The average Bonchev–Trinajstić information content (AvgIpc) is 2.52. The molecule has 3 N–H and O–H groups in total. The standard InChI is InChI=1S/C15H14N2O4/c16-17(14(19)12-8-4-5-9-13(12)18)15(20)21-10-11-6-2-1-3-7-11/h1-9,18H,10,16H2. The van der Waals surface area contributed by atoms with E-state index in [0.717, 1.165) is 5.56 Å². The predicted molar refractivity (Wildman–Crippen MR) is 75.1 cm³/mol. The summed E-state index contributed by atoms with van der Waals surface area (Å²) >= 11 is 0. The summed E-state index contributed by atoms with van der Waals surface area (Å²) in [5.74, 6) is 4.33. The van der Waals surface area contributed by atoms with Gasteiger partial charge in [0.25, 0.3) is 5.91 Å². The lowest BCUT2D eigenvalue weighted by molar-refractivity contribution is 0.0639. The molecular formula is C15H14N2O4. The summed E-state index contributed by atoms with van der Waals surface area (Å²) in [4.78, 5) is 23.7. The third-order valence-corrected chi connectivity index (χ3v) is 2.76. The van der Waals surface area contributed by atoms with Gasteiger partial charge in [0.2, 0.25) is 0 Å². The van der Waals surface area contributed by atoms with E-state index in [-0.39, 0.29) is 17.9 Å². The lowest BCUT2D eigenvalue weighted by Gasteiger charge is -2.15. The Bertz CT molecular complexity index is 643. The molecule has 2 rings (SSSR count). The Morgan fingerprint density at radius 2 is 1.67 bits per heavy atom. The average molecular weight is 286 g/mol. The Morgan fingerprint density at radius 3 is 2.33 bits per heavy atom. The maximum atomic E-state index is 12.0. The minimum absolute atomic E-state index is 0.00141. The maximum absolute atomic E-state index is 12.0. The van der Waals surface area contributed by atoms with E-state index in [9.17, 15) is 14.7 Å². The van der Waals surface area contributed by atoms with Crippen molar-refractivity contribution in [3.05, 3.63) is 65.7 Å². The van der Waals surface area contributed by atoms with Gasteiger partial charge in [0.1, 0.15) is 12.4 Å². The van der Waals surface area contributed by atoms with Gasteiger partial charge in [-0.05, 0) is 17.7 Å². The number of imide groups is 1. The Labute approximate surface area is 121 Å². The van der Waals surface area contributed by atoms with Crippen molar-refractivity contribution in [2.75, 3.05) is 0 Å². The van der Waals surface area contributed by atoms with Crippen LogP contribution in [0, 0.1) is 0 Å². The summed E-state index contributed by atoms with van der Waals surface area (Å²) in [6.45, 7) is 0.00141. The molecule has 0 aliphatic rings. The molecule has 6 nitrogen and oxygen atoms in total. The fourth-order valence-electron chi connectivity index (χ4n) is 1.66. The van der Waals surface area contributed by atoms with Crippen LogP contribution >= 0.6 is 0 Å². The first-order valence-electron chi connectivity index (χ1n) is 6.17. The highest BCUT2D eigenvalue weighted by molar-refractivity contribution is 6.03. The molecule has 0 saturated heterocycles. The molecule has 0 heterocycles. The number of hydrazine groups is 1. The van der Waals surface area contributed by atoms with Gasteiger partial charge < -0.3 is 9.84 Å². The number of nitrogens with zero attached hydrogens (tertiary/aromatic N) is 1.